The van der Waals surface area contributed by atoms with Gasteiger partial charge in [0.15, 0.2) is 0 Å². The van der Waals surface area contributed by atoms with E-state index in [1.165, 1.54) is 5.56 Å². The molecule has 0 amide bonds. The third kappa shape index (κ3) is 3.27. The lowest BCUT2D eigenvalue weighted by atomic mass is 9.99. The minimum atomic E-state index is -0.350. The number of hydrogen-bond donors (Lipinski definition) is 1. The summed E-state index contributed by atoms with van der Waals surface area (Å²) in [5.41, 5.74) is 3.11. The molecule has 0 bridgehead atoms. The summed E-state index contributed by atoms with van der Waals surface area (Å²) in [6.45, 7) is 2.09. The van der Waals surface area contributed by atoms with Gasteiger partial charge in [0.2, 0.25) is 0 Å². The highest BCUT2D eigenvalue weighted by molar-refractivity contribution is 6.30. The Labute approximate surface area is 118 Å². The van der Waals surface area contributed by atoms with Crippen LogP contribution < -0.4 is 5.32 Å². The van der Waals surface area contributed by atoms with E-state index in [4.69, 9.17) is 11.6 Å². The lowest BCUT2D eigenvalue weighted by Gasteiger charge is -2.16. The van der Waals surface area contributed by atoms with Crippen molar-refractivity contribution in [1.29, 1.82) is 5.26 Å². The highest BCUT2D eigenvalue weighted by Gasteiger charge is 2.13. The van der Waals surface area contributed by atoms with E-state index in [1.54, 1.807) is 0 Å². The summed E-state index contributed by atoms with van der Waals surface area (Å²) < 4.78 is 0. The van der Waals surface area contributed by atoms with Crippen molar-refractivity contribution < 1.29 is 0 Å². The van der Waals surface area contributed by atoms with Crippen molar-refractivity contribution in [1.82, 2.24) is 0 Å². The minimum absolute atomic E-state index is 0.350. The Morgan fingerprint density at radius 2 is 1.84 bits per heavy atom. The zero-order valence-electron chi connectivity index (χ0n) is 10.7. The smallest absolute Gasteiger partial charge is 0.140 e. The second-order valence-electron chi connectivity index (χ2n) is 4.27. The maximum atomic E-state index is 9.38. The zero-order valence-corrected chi connectivity index (χ0v) is 11.5. The number of nitriles is 1. The minimum Gasteiger partial charge on any atom is -0.366 e. The van der Waals surface area contributed by atoms with E-state index in [0.717, 1.165) is 17.7 Å². The van der Waals surface area contributed by atoms with Crippen molar-refractivity contribution in [3.63, 3.8) is 0 Å². The van der Waals surface area contributed by atoms with Crippen LogP contribution in [0, 0.1) is 11.3 Å². The molecule has 0 saturated heterocycles. The Bertz CT molecular complexity index is 584. The molecule has 1 N–H and O–H groups in total. The quantitative estimate of drug-likeness (QED) is 0.883. The van der Waals surface area contributed by atoms with Crippen LogP contribution in [0.15, 0.2) is 48.5 Å². The molecule has 0 aliphatic carbocycles. The third-order valence-corrected chi connectivity index (χ3v) is 3.28. The number of benzene rings is 2. The molecule has 0 fully saturated rings. The van der Waals surface area contributed by atoms with Crippen LogP contribution in [-0.4, -0.2) is 0 Å². The van der Waals surface area contributed by atoms with Gasteiger partial charge >= 0.3 is 0 Å². The molecule has 0 aliphatic rings. The second kappa shape index (κ2) is 6.26. The number of nitrogens with one attached hydrogen (secondary N) is 1. The van der Waals surface area contributed by atoms with Gasteiger partial charge in [-0.25, -0.2) is 0 Å². The van der Waals surface area contributed by atoms with Gasteiger partial charge in [0.25, 0.3) is 0 Å². The molecule has 19 heavy (non-hydrogen) atoms. The summed E-state index contributed by atoms with van der Waals surface area (Å²) in [5.74, 6) is 0. The number of anilines is 1. The summed E-state index contributed by atoms with van der Waals surface area (Å²) in [6.07, 6.45) is 0.913. The van der Waals surface area contributed by atoms with E-state index in [-0.39, 0.29) is 6.04 Å². The van der Waals surface area contributed by atoms with Gasteiger partial charge in [0, 0.05) is 10.7 Å². The molecule has 0 heterocycles. The van der Waals surface area contributed by atoms with Gasteiger partial charge in [0.05, 0.1) is 6.07 Å². The average molecular weight is 271 g/mol. The van der Waals surface area contributed by atoms with E-state index >= 15 is 0 Å². The van der Waals surface area contributed by atoms with Crippen LogP contribution in [0.5, 0.6) is 0 Å². The van der Waals surface area contributed by atoms with Gasteiger partial charge in [0.1, 0.15) is 6.04 Å². The second-order valence-corrected chi connectivity index (χ2v) is 4.70. The van der Waals surface area contributed by atoms with E-state index in [1.807, 2.05) is 42.5 Å². The number of aryl methyl sites for hydroxylation is 1. The van der Waals surface area contributed by atoms with Crippen molar-refractivity contribution >= 4 is 17.3 Å². The van der Waals surface area contributed by atoms with Crippen molar-refractivity contribution in [2.24, 2.45) is 0 Å². The third-order valence-electron chi connectivity index (χ3n) is 3.03. The molecule has 0 aromatic heterocycles. The van der Waals surface area contributed by atoms with Crippen LogP contribution in [0.2, 0.25) is 5.02 Å². The molecule has 0 radical (unpaired) electrons. The van der Waals surface area contributed by atoms with Crippen molar-refractivity contribution in [3.05, 3.63) is 64.7 Å². The first-order valence-corrected chi connectivity index (χ1v) is 6.62. The van der Waals surface area contributed by atoms with Crippen molar-refractivity contribution in [3.8, 4) is 6.07 Å². The van der Waals surface area contributed by atoms with Gasteiger partial charge in [-0.1, -0.05) is 42.8 Å². The first kappa shape index (κ1) is 13.5. The number of hydrogen-bond acceptors (Lipinski definition) is 2. The Morgan fingerprint density at radius 1 is 1.16 bits per heavy atom. The Kier molecular flexibility index (Phi) is 4.43. The Hall–Kier alpha value is -1.98. The highest BCUT2D eigenvalue weighted by Crippen LogP contribution is 2.23. The molecule has 2 rings (SSSR count). The average Bonchev–Trinajstić information content (AvgIpc) is 2.46. The van der Waals surface area contributed by atoms with Crippen LogP contribution in [0.3, 0.4) is 0 Å². The van der Waals surface area contributed by atoms with Crippen LogP contribution in [0.25, 0.3) is 0 Å². The van der Waals surface area contributed by atoms with Gasteiger partial charge in [-0.3, -0.25) is 0 Å². The lowest BCUT2D eigenvalue weighted by molar-refractivity contribution is 0.954. The van der Waals surface area contributed by atoms with Gasteiger partial charge in [-0.15, -0.1) is 0 Å². The monoisotopic (exact) mass is 270 g/mol. The Balaban J connectivity index is 2.25. The van der Waals surface area contributed by atoms with Crippen molar-refractivity contribution in [2.45, 2.75) is 19.4 Å². The van der Waals surface area contributed by atoms with Crippen LogP contribution in [0.4, 0.5) is 5.69 Å². The summed E-state index contributed by atoms with van der Waals surface area (Å²) in [6, 6.07) is 17.3. The molecule has 0 aliphatic heterocycles. The molecule has 2 nitrogen and oxygen atoms in total. The first-order chi connectivity index (χ1) is 9.24. The SMILES string of the molecule is CCc1ccccc1C(C#N)Nc1ccc(Cl)cc1. The molecule has 0 saturated carbocycles. The predicted molar refractivity (Wildman–Crippen MR) is 79.2 cm³/mol. The summed E-state index contributed by atoms with van der Waals surface area (Å²) >= 11 is 5.85. The predicted octanol–water partition coefficient (Wildman–Crippen LogP) is 4.58. The van der Waals surface area contributed by atoms with E-state index in [2.05, 4.69) is 24.4 Å². The van der Waals surface area contributed by atoms with E-state index in [9.17, 15) is 5.26 Å². The Morgan fingerprint density at radius 3 is 2.47 bits per heavy atom. The van der Waals surface area contributed by atoms with E-state index < -0.39 is 0 Å². The molecule has 96 valence electrons. The number of nitrogens with zero attached hydrogens (tertiary/aromatic N) is 1. The molecule has 0 spiro atoms. The molecule has 3 heteroatoms. The molecule has 1 atom stereocenters. The fourth-order valence-corrected chi connectivity index (χ4v) is 2.16. The van der Waals surface area contributed by atoms with Crippen LogP contribution in [0.1, 0.15) is 24.1 Å². The molecular formula is C16H15ClN2. The van der Waals surface area contributed by atoms with Crippen molar-refractivity contribution in [2.75, 3.05) is 5.32 Å². The highest BCUT2D eigenvalue weighted by atomic mass is 35.5. The number of rotatable bonds is 4. The molecule has 2 aromatic rings. The van der Waals surface area contributed by atoms with Gasteiger partial charge in [-0.2, -0.15) is 5.26 Å². The summed E-state index contributed by atoms with van der Waals surface area (Å²) in [5, 5.41) is 13.3. The summed E-state index contributed by atoms with van der Waals surface area (Å²) in [7, 11) is 0. The topological polar surface area (TPSA) is 35.8 Å². The fourth-order valence-electron chi connectivity index (χ4n) is 2.03. The summed E-state index contributed by atoms with van der Waals surface area (Å²) in [4.78, 5) is 0. The molecular weight excluding hydrogens is 256 g/mol. The molecule has 1 unspecified atom stereocenters. The van der Waals surface area contributed by atoms with E-state index in [0.29, 0.717) is 5.02 Å². The maximum Gasteiger partial charge on any atom is 0.140 e. The fraction of sp³-hybridized carbons (Fsp3) is 0.188. The largest absolute Gasteiger partial charge is 0.366 e. The maximum absolute atomic E-state index is 9.38. The zero-order chi connectivity index (χ0) is 13.7. The lowest BCUT2D eigenvalue weighted by Crippen LogP contribution is -2.10. The van der Waals surface area contributed by atoms with Crippen LogP contribution in [-0.2, 0) is 6.42 Å². The first-order valence-electron chi connectivity index (χ1n) is 6.24. The van der Waals surface area contributed by atoms with Crippen LogP contribution >= 0.6 is 11.6 Å². The number of halogens is 1. The van der Waals surface area contributed by atoms with Gasteiger partial charge in [-0.05, 0) is 41.8 Å². The molecule has 2 aromatic carbocycles. The standard InChI is InChI=1S/C16H15ClN2/c1-2-12-5-3-4-6-15(12)16(11-18)19-14-9-7-13(17)8-10-14/h3-10,16,19H,2H2,1H3. The van der Waals surface area contributed by atoms with Gasteiger partial charge < -0.3 is 5.32 Å². The normalized spacial score (nSPS) is 11.6.